The van der Waals surface area contributed by atoms with Gasteiger partial charge in [-0.15, -0.1) is 0 Å². The molecule has 0 radical (unpaired) electrons. The highest BCUT2D eigenvalue weighted by Gasteiger charge is 2.34. The third kappa shape index (κ3) is 11.3. The Bertz CT molecular complexity index is 1040. The van der Waals surface area contributed by atoms with Crippen LogP contribution in [0.5, 0.6) is 0 Å². The molecule has 0 saturated carbocycles. The van der Waals surface area contributed by atoms with Gasteiger partial charge in [-0.1, -0.05) is 50.6 Å². The molecule has 4 amide bonds. The summed E-state index contributed by atoms with van der Waals surface area (Å²) in [7, 11) is 0. The zero-order valence-corrected chi connectivity index (χ0v) is 25.3. The number of benzene rings is 1. The predicted octanol–water partition coefficient (Wildman–Crippen LogP) is 0.110. The van der Waals surface area contributed by atoms with Crippen LogP contribution >= 0.6 is 12.6 Å². The van der Waals surface area contributed by atoms with E-state index in [1.165, 1.54) is 0 Å². The molecule has 0 aliphatic carbocycles. The number of unbranched alkanes of at least 4 members (excludes halogenated alkanes) is 1. The van der Waals surface area contributed by atoms with Gasteiger partial charge in [0.15, 0.2) is 0 Å². The van der Waals surface area contributed by atoms with Crippen molar-refractivity contribution in [3.05, 3.63) is 35.9 Å². The number of hydrogen-bond acceptors (Lipinski definition) is 8. The van der Waals surface area contributed by atoms with Crippen molar-refractivity contribution in [2.75, 3.05) is 18.8 Å². The standard InChI is InChI=1S/C29H46N6O6S/c1-3-18(2)24(35-27(38)23(17-42)34-25(36)20-13-9-15-31-20)28(39)32-21(12-7-8-14-30)26(37)33-22(29(40)41)16-19-10-5-4-6-11-19/h4-6,10-11,18,20-24,31,42H,3,7-9,12-17,30H2,1-2H3,(H,32,39)(H,33,37)(H,34,36)(H,35,38)(H,40,41)/t18-,20-,21+,22-,23-,24-/m0/s1. The molecule has 0 spiro atoms. The molecule has 0 unspecified atom stereocenters. The first-order chi connectivity index (χ1) is 20.1. The fourth-order valence-electron chi connectivity index (χ4n) is 4.68. The van der Waals surface area contributed by atoms with E-state index in [9.17, 15) is 29.1 Å². The number of amides is 4. The van der Waals surface area contributed by atoms with Crippen molar-refractivity contribution in [2.24, 2.45) is 11.7 Å². The Hall–Kier alpha value is -3.16. The van der Waals surface area contributed by atoms with Crippen LogP contribution in [0, 0.1) is 5.92 Å². The first-order valence-corrected chi connectivity index (χ1v) is 15.3. The van der Waals surface area contributed by atoms with Crippen molar-refractivity contribution < 1.29 is 29.1 Å². The molecule has 1 heterocycles. The van der Waals surface area contributed by atoms with Crippen molar-refractivity contribution in [3.63, 3.8) is 0 Å². The third-order valence-corrected chi connectivity index (χ3v) is 7.83. The molecule has 8 N–H and O–H groups in total. The van der Waals surface area contributed by atoms with Gasteiger partial charge < -0.3 is 37.4 Å². The summed E-state index contributed by atoms with van der Waals surface area (Å²) >= 11 is 4.23. The van der Waals surface area contributed by atoms with Gasteiger partial charge in [-0.05, 0) is 56.7 Å². The van der Waals surface area contributed by atoms with Crippen LogP contribution in [0.3, 0.4) is 0 Å². The van der Waals surface area contributed by atoms with Crippen molar-refractivity contribution in [3.8, 4) is 0 Å². The molecule has 1 aliphatic rings. The summed E-state index contributed by atoms with van der Waals surface area (Å²) in [4.78, 5) is 64.5. The molecule has 13 heteroatoms. The fraction of sp³-hybridized carbons (Fsp3) is 0.621. The normalized spacial score (nSPS) is 18.1. The maximum atomic E-state index is 13.5. The van der Waals surface area contributed by atoms with Gasteiger partial charge >= 0.3 is 5.97 Å². The minimum absolute atomic E-state index is 0.0290. The van der Waals surface area contributed by atoms with Crippen LogP contribution in [0.15, 0.2) is 30.3 Å². The molecule has 1 aliphatic heterocycles. The van der Waals surface area contributed by atoms with E-state index in [0.717, 1.165) is 18.5 Å². The smallest absolute Gasteiger partial charge is 0.326 e. The second-order valence-electron chi connectivity index (χ2n) is 10.7. The number of carbonyl (C=O) groups is 5. The average molecular weight is 607 g/mol. The maximum absolute atomic E-state index is 13.5. The molecule has 234 valence electrons. The number of nitrogens with two attached hydrogens (primary N) is 1. The molecule has 0 aromatic heterocycles. The lowest BCUT2D eigenvalue weighted by Gasteiger charge is -2.28. The number of carbonyl (C=O) groups excluding carboxylic acids is 4. The number of nitrogens with one attached hydrogen (secondary N) is 5. The van der Waals surface area contributed by atoms with Gasteiger partial charge in [0.05, 0.1) is 6.04 Å². The molecule has 42 heavy (non-hydrogen) atoms. The van der Waals surface area contributed by atoms with E-state index >= 15 is 0 Å². The number of aliphatic carboxylic acids is 1. The molecule has 1 fully saturated rings. The first kappa shape index (κ1) is 35.0. The summed E-state index contributed by atoms with van der Waals surface area (Å²) in [5.41, 5.74) is 6.36. The van der Waals surface area contributed by atoms with Crippen molar-refractivity contribution in [2.45, 2.75) is 89.0 Å². The van der Waals surface area contributed by atoms with E-state index in [4.69, 9.17) is 5.73 Å². The SMILES string of the molecule is CC[C@H](C)[C@H](NC(=O)[C@H](CS)NC(=O)[C@@H]1CCCN1)C(=O)N[C@H](CCCCN)C(=O)N[C@@H](Cc1ccccc1)C(=O)O. The van der Waals surface area contributed by atoms with Gasteiger partial charge in [-0.2, -0.15) is 12.6 Å². The fourth-order valence-corrected chi connectivity index (χ4v) is 4.93. The van der Waals surface area contributed by atoms with Gasteiger partial charge in [0.2, 0.25) is 23.6 Å². The summed E-state index contributed by atoms with van der Waals surface area (Å²) in [6.07, 6.45) is 3.52. The Kier molecular flexibility index (Phi) is 15.3. The molecule has 1 aromatic carbocycles. The van der Waals surface area contributed by atoms with E-state index in [2.05, 4.69) is 39.2 Å². The van der Waals surface area contributed by atoms with Gasteiger partial charge in [0.25, 0.3) is 0 Å². The Morgan fingerprint density at radius 2 is 1.64 bits per heavy atom. The van der Waals surface area contributed by atoms with Crippen molar-refractivity contribution >= 4 is 42.2 Å². The van der Waals surface area contributed by atoms with Gasteiger partial charge in [-0.3, -0.25) is 19.2 Å². The van der Waals surface area contributed by atoms with Crippen LogP contribution in [0.1, 0.15) is 57.9 Å². The van der Waals surface area contributed by atoms with Crippen LogP contribution < -0.4 is 32.3 Å². The Labute approximate surface area is 253 Å². The van der Waals surface area contributed by atoms with Crippen molar-refractivity contribution in [1.29, 1.82) is 0 Å². The maximum Gasteiger partial charge on any atom is 0.326 e. The summed E-state index contributed by atoms with van der Waals surface area (Å²) in [5.74, 6) is -3.55. The highest BCUT2D eigenvalue weighted by molar-refractivity contribution is 7.80. The summed E-state index contributed by atoms with van der Waals surface area (Å²) < 4.78 is 0. The lowest BCUT2D eigenvalue weighted by Crippen LogP contribution is -2.60. The summed E-state index contributed by atoms with van der Waals surface area (Å²) in [5, 5.41) is 23.6. The summed E-state index contributed by atoms with van der Waals surface area (Å²) in [6, 6.07) is 4.34. The van der Waals surface area contributed by atoms with Crippen LogP contribution in [0.2, 0.25) is 0 Å². The topological polar surface area (TPSA) is 192 Å². The lowest BCUT2D eigenvalue weighted by molar-refractivity contribution is -0.142. The Balaban J connectivity index is 2.14. The highest BCUT2D eigenvalue weighted by Crippen LogP contribution is 2.12. The first-order valence-electron chi connectivity index (χ1n) is 14.6. The molecular weight excluding hydrogens is 560 g/mol. The minimum Gasteiger partial charge on any atom is -0.480 e. The van der Waals surface area contributed by atoms with Crippen LogP contribution in [-0.2, 0) is 30.4 Å². The zero-order chi connectivity index (χ0) is 31.1. The molecular formula is C29H46N6O6S. The second kappa shape index (κ2) is 18.4. The lowest BCUT2D eigenvalue weighted by atomic mass is 9.97. The largest absolute Gasteiger partial charge is 0.480 e. The Morgan fingerprint density at radius 1 is 0.976 bits per heavy atom. The van der Waals surface area contributed by atoms with E-state index in [0.29, 0.717) is 32.2 Å². The van der Waals surface area contributed by atoms with Gasteiger partial charge in [0.1, 0.15) is 24.2 Å². The number of hydrogen-bond donors (Lipinski definition) is 8. The van der Waals surface area contributed by atoms with Gasteiger partial charge in [0, 0.05) is 12.2 Å². The van der Waals surface area contributed by atoms with E-state index < -0.39 is 47.9 Å². The summed E-state index contributed by atoms with van der Waals surface area (Å²) in [6.45, 7) is 4.79. The van der Waals surface area contributed by atoms with Crippen LogP contribution in [0.4, 0.5) is 0 Å². The second-order valence-corrected chi connectivity index (χ2v) is 11.1. The number of carboxylic acids is 1. The van der Waals surface area contributed by atoms with Crippen LogP contribution in [0.25, 0.3) is 0 Å². The zero-order valence-electron chi connectivity index (χ0n) is 24.4. The average Bonchev–Trinajstić information content (AvgIpc) is 3.53. The molecule has 6 atom stereocenters. The molecule has 12 nitrogen and oxygen atoms in total. The van der Waals surface area contributed by atoms with Crippen LogP contribution in [-0.4, -0.2) is 83.8 Å². The van der Waals surface area contributed by atoms with Gasteiger partial charge in [-0.25, -0.2) is 4.79 Å². The van der Waals surface area contributed by atoms with E-state index in [1.807, 2.05) is 13.0 Å². The monoisotopic (exact) mass is 606 g/mol. The number of rotatable bonds is 18. The minimum atomic E-state index is -1.20. The Morgan fingerprint density at radius 3 is 2.21 bits per heavy atom. The molecule has 2 rings (SSSR count). The number of carboxylic acid groups (broad SMARTS) is 1. The molecule has 0 bridgehead atoms. The van der Waals surface area contributed by atoms with E-state index in [-0.39, 0.29) is 36.5 Å². The number of thiol groups is 1. The molecule has 1 saturated heterocycles. The third-order valence-electron chi connectivity index (χ3n) is 7.46. The van der Waals surface area contributed by atoms with E-state index in [1.54, 1.807) is 31.2 Å². The highest BCUT2D eigenvalue weighted by atomic mass is 32.1. The van der Waals surface area contributed by atoms with Crippen molar-refractivity contribution in [1.82, 2.24) is 26.6 Å². The quantitative estimate of drug-likeness (QED) is 0.0853. The predicted molar refractivity (Wildman–Crippen MR) is 163 cm³/mol. The molecule has 1 aromatic rings.